The summed E-state index contributed by atoms with van der Waals surface area (Å²) in [5.74, 6) is 1.90. The van der Waals surface area contributed by atoms with Gasteiger partial charge in [0.05, 0.1) is 29.6 Å². The molecule has 1 aliphatic rings. The number of thiazole rings is 1. The van der Waals surface area contributed by atoms with E-state index in [0.717, 1.165) is 26.5 Å². The van der Waals surface area contributed by atoms with Gasteiger partial charge in [-0.1, -0.05) is 29.5 Å². The molecular weight excluding hydrogens is 412 g/mol. The molecule has 0 saturated heterocycles. The van der Waals surface area contributed by atoms with Crippen LogP contribution in [0, 0.1) is 0 Å². The largest absolute Gasteiger partial charge is 0.490 e. The summed E-state index contributed by atoms with van der Waals surface area (Å²) in [6.45, 7) is 4.98. The number of hydrogen-bond acceptors (Lipinski definition) is 6. The number of carbonyl (C=O) groups is 1. The maximum Gasteiger partial charge on any atom is 0.226 e. The summed E-state index contributed by atoms with van der Waals surface area (Å²) in [5.41, 5.74) is 2.87. The predicted molar refractivity (Wildman–Crippen MR) is 121 cm³/mol. The van der Waals surface area contributed by atoms with Crippen molar-refractivity contribution in [1.82, 2.24) is 14.8 Å². The number of anilines is 1. The second-order valence-electron chi connectivity index (χ2n) is 7.20. The zero-order chi connectivity index (χ0) is 21.4. The van der Waals surface area contributed by atoms with Crippen molar-refractivity contribution >= 4 is 33.3 Å². The van der Waals surface area contributed by atoms with Crippen LogP contribution >= 0.6 is 11.3 Å². The van der Waals surface area contributed by atoms with Gasteiger partial charge in [0.15, 0.2) is 11.5 Å². The number of amides is 1. The third-order valence-electron chi connectivity index (χ3n) is 5.25. The first-order chi connectivity index (χ1) is 15.2. The van der Waals surface area contributed by atoms with E-state index in [1.807, 2.05) is 62.5 Å². The Morgan fingerprint density at radius 3 is 2.74 bits per heavy atom. The summed E-state index contributed by atoms with van der Waals surface area (Å²) in [4.78, 5) is 17.3. The lowest BCUT2D eigenvalue weighted by Gasteiger charge is -2.24. The van der Waals surface area contributed by atoms with Gasteiger partial charge in [0.2, 0.25) is 11.0 Å². The maximum absolute atomic E-state index is 12.6. The van der Waals surface area contributed by atoms with Crippen LogP contribution in [0.5, 0.6) is 11.5 Å². The van der Waals surface area contributed by atoms with Crippen molar-refractivity contribution in [2.24, 2.45) is 0 Å². The van der Waals surface area contributed by atoms with E-state index in [2.05, 4.69) is 15.4 Å². The lowest BCUT2D eigenvalue weighted by molar-refractivity contribution is -0.116. The van der Waals surface area contributed by atoms with E-state index in [0.29, 0.717) is 37.0 Å². The Morgan fingerprint density at radius 2 is 1.94 bits per heavy atom. The summed E-state index contributed by atoms with van der Waals surface area (Å²) < 4.78 is 14.3. The Morgan fingerprint density at radius 1 is 1.13 bits per heavy atom. The molecule has 0 bridgehead atoms. The Labute approximate surface area is 183 Å². The molecule has 2 aromatic heterocycles. The molecule has 31 heavy (non-hydrogen) atoms. The standard InChI is InChI=1S/C23H22N4O3S/c1-3-29-18-10-9-14(11-19(18)30-4-2)15-12-21(28)26-22-16(15)13-24-27(22)23-25-17-7-5-6-8-20(17)31-23/h5-11,13,15H,3-4,12H2,1-2H3,(H,26,28). The fourth-order valence-corrected chi connectivity index (χ4v) is 4.83. The maximum atomic E-state index is 12.6. The third-order valence-corrected chi connectivity index (χ3v) is 6.27. The molecule has 8 heteroatoms. The van der Waals surface area contributed by atoms with Gasteiger partial charge < -0.3 is 14.8 Å². The van der Waals surface area contributed by atoms with Crippen molar-refractivity contribution in [1.29, 1.82) is 0 Å². The first-order valence-corrected chi connectivity index (χ1v) is 11.1. The minimum absolute atomic E-state index is 0.0489. The number of benzene rings is 2. The lowest BCUT2D eigenvalue weighted by atomic mass is 9.87. The van der Waals surface area contributed by atoms with Crippen molar-refractivity contribution in [3.8, 4) is 16.6 Å². The van der Waals surface area contributed by atoms with E-state index < -0.39 is 0 Å². The number of ether oxygens (including phenoxy) is 2. The molecule has 7 nitrogen and oxygen atoms in total. The lowest BCUT2D eigenvalue weighted by Crippen LogP contribution is -2.24. The number of hydrogen-bond donors (Lipinski definition) is 1. The highest BCUT2D eigenvalue weighted by molar-refractivity contribution is 7.20. The molecule has 1 N–H and O–H groups in total. The van der Waals surface area contributed by atoms with Gasteiger partial charge in [0.1, 0.15) is 5.82 Å². The topological polar surface area (TPSA) is 78.3 Å². The predicted octanol–water partition coefficient (Wildman–Crippen LogP) is 4.75. The molecule has 3 heterocycles. The number of nitrogens with zero attached hydrogens (tertiary/aromatic N) is 3. The van der Waals surface area contributed by atoms with Crippen molar-refractivity contribution in [2.75, 3.05) is 18.5 Å². The number of fused-ring (bicyclic) bond motifs is 2. The van der Waals surface area contributed by atoms with E-state index in [9.17, 15) is 4.79 Å². The molecule has 1 unspecified atom stereocenters. The summed E-state index contributed by atoms with van der Waals surface area (Å²) in [6.07, 6.45) is 2.17. The zero-order valence-corrected chi connectivity index (χ0v) is 18.1. The molecule has 0 saturated carbocycles. The molecule has 1 atom stereocenters. The van der Waals surface area contributed by atoms with Gasteiger partial charge in [-0.3, -0.25) is 4.79 Å². The fraction of sp³-hybridized carbons (Fsp3) is 0.261. The van der Waals surface area contributed by atoms with Gasteiger partial charge in [0, 0.05) is 17.9 Å². The molecular formula is C23H22N4O3S. The van der Waals surface area contributed by atoms with Crippen molar-refractivity contribution in [2.45, 2.75) is 26.2 Å². The highest BCUT2D eigenvalue weighted by Gasteiger charge is 2.31. The number of nitrogens with one attached hydrogen (secondary N) is 1. The van der Waals surface area contributed by atoms with Crippen LogP contribution in [0.2, 0.25) is 0 Å². The van der Waals surface area contributed by atoms with E-state index in [4.69, 9.17) is 9.47 Å². The third kappa shape index (κ3) is 3.53. The molecule has 1 amide bonds. The van der Waals surface area contributed by atoms with Crippen LogP contribution in [0.15, 0.2) is 48.7 Å². The van der Waals surface area contributed by atoms with Gasteiger partial charge in [-0.15, -0.1) is 0 Å². The van der Waals surface area contributed by atoms with Crippen LogP contribution in [0.3, 0.4) is 0 Å². The van der Waals surface area contributed by atoms with E-state index in [-0.39, 0.29) is 11.8 Å². The monoisotopic (exact) mass is 434 g/mol. The van der Waals surface area contributed by atoms with Crippen LogP contribution in [-0.2, 0) is 4.79 Å². The first-order valence-electron chi connectivity index (χ1n) is 10.3. The highest BCUT2D eigenvalue weighted by atomic mass is 32.1. The van der Waals surface area contributed by atoms with Crippen molar-refractivity contribution < 1.29 is 14.3 Å². The summed E-state index contributed by atoms with van der Waals surface area (Å²) >= 11 is 1.54. The molecule has 2 aromatic carbocycles. The molecule has 158 valence electrons. The normalized spacial score (nSPS) is 15.5. The molecule has 0 radical (unpaired) electrons. The second kappa shape index (κ2) is 8.03. The molecule has 0 spiro atoms. The van der Waals surface area contributed by atoms with E-state index in [1.165, 1.54) is 0 Å². The Kier molecular flexibility index (Phi) is 5.07. The average molecular weight is 435 g/mol. The van der Waals surface area contributed by atoms with Crippen LogP contribution in [0.1, 0.15) is 37.3 Å². The van der Waals surface area contributed by atoms with Crippen LogP contribution in [-0.4, -0.2) is 33.9 Å². The van der Waals surface area contributed by atoms with Gasteiger partial charge in [-0.05, 0) is 43.7 Å². The van der Waals surface area contributed by atoms with E-state index >= 15 is 0 Å². The van der Waals surface area contributed by atoms with Gasteiger partial charge in [0.25, 0.3) is 0 Å². The van der Waals surface area contributed by atoms with Gasteiger partial charge >= 0.3 is 0 Å². The Bertz CT molecular complexity index is 1230. The summed E-state index contributed by atoms with van der Waals surface area (Å²) in [7, 11) is 0. The summed E-state index contributed by atoms with van der Waals surface area (Å²) in [6, 6.07) is 13.8. The number of para-hydroxylation sites is 1. The fourth-order valence-electron chi connectivity index (χ4n) is 3.90. The molecule has 1 aliphatic heterocycles. The Hall–Kier alpha value is -3.39. The number of rotatable bonds is 6. The SMILES string of the molecule is CCOc1ccc(C2CC(=O)Nc3c2cnn3-c2nc3ccccc3s2)cc1OCC. The number of aromatic nitrogens is 3. The minimum Gasteiger partial charge on any atom is -0.490 e. The van der Waals surface area contributed by atoms with Gasteiger partial charge in [-0.25, -0.2) is 4.98 Å². The van der Waals surface area contributed by atoms with E-state index in [1.54, 1.807) is 16.0 Å². The quantitative estimate of drug-likeness (QED) is 0.474. The molecule has 0 aliphatic carbocycles. The smallest absolute Gasteiger partial charge is 0.226 e. The van der Waals surface area contributed by atoms with Crippen molar-refractivity contribution in [3.05, 3.63) is 59.8 Å². The van der Waals surface area contributed by atoms with Crippen molar-refractivity contribution in [3.63, 3.8) is 0 Å². The zero-order valence-electron chi connectivity index (χ0n) is 17.3. The van der Waals surface area contributed by atoms with Crippen LogP contribution in [0.4, 0.5) is 5.82 Å². The van der Waals surface area contributed by atoms with Crippen LogP contribution in [0.25, 0.3) is 15.3 Å². The number of carbonyl (C=O) groups excluding carboxylic acids is 1. The Balaban J connectivity index is 1.56. The average Bonchev–Trinajstić information content (AvgIpc) is 3.38. The molecule has 4 aromatic rings. The molecule has 0 fully saturated rings. The second-order valence-corrected chi connectivity index (χ2v) is 8.21. The van der Waals surface area contributed by atoms with Crippen LogP contribution < -0.4 is 14.8 Å². The molecule has 5 rings (SSSR count). The van der Waals surface area contributed by atoms with Gasteiger partial charge in [-0.2, -0.15) is 9.78 Å². The highest BCUT2D eigenvalue weighted by Crippen LogP contribution is 2.41. The first kappa shape index (κ1) is 19.6. The minimum atomic E-state index is -0.123. The summed E-state index contributed by atoms with van der Waals surface area (Å²) in [5, 5.41) is 8.29.